The van der Waals surface area contributed by atoms with Crippen LogP contribution in [0.25, 0.3) is 45.0 Å². The summed E-state index contributed by atoms with van der Waals surface area (Å²) in [5.74, 6) is 1.03. The van der Waals surface area contributed by atoms with Crippen molar-refractivity contribution in [1.82, 2.24) is 39.7 Å². The van der Waals surface area contributed by atoms with E-state index in [1.807, 2.05) is 90.4 Å². The van der Waals surface area contributed by atoms with Gasteiger partial charge in [-0.3, -0.25) is 9.59 Å². The monoisotopic (exact) mass is 914 g/mol. The van der Waals surface area contributed by atoms with Crippen LogP contribution < -0.4 is 10.6 Å². The van der Waals surface area contributed by atoms with Gasteiger partial charge in [-0.2, -0.15) is 9.97 Å². The van der Waals surface area contributed by atoms with Gasteiger partial charge in [0.25, 0.3) is 23.8 Å². The van der Waals surface area contributed by atoms with Crippen molar-refractivity contribution in [1.29, 1.82) is 0 Å². The molecule has 340 valence electrons. The number of carbonyl (C=O) groups excluding carboxylic acids is 2. The molecule has 6 heterocycles. The number of oxazole rings is 2. The number of nitrogens with zero attached hydrogens (tertiary/aromatic N) is 8. The fourth-order valence-electron chi connectivity index (χ4n) is 9.74. The van der Waals surface area contributed by atoms with Gasteiger partial charge in [-0.05, 0) is 112 Å². The van der Waals surface area contributed by atoms with E-state index in [4.69, 9.17) is 30.4 Å². The van der Waals surface area contributed by atoms with E-state index in [2.05, 4.69) is 37.5 Å². The standard InChI is InChI=1S/C52H51ClN10O4/c1-31-13-16-37(47-54-20-8-21-55-47)39(25-31)50(65)63-24-7-10-34(44(63)30-58-52-61-42-28-35(53)15-18-46(42)67-52)27-36-19-22-56-48(59-36)38-17-14-32(2)26-40(38)49(64)62-23-6-9-33(3)43(62)29-57-51-60-41-11-4-5-12-45(41)66-51/h4-5,8,11-22,25-26,28,33-34,43-44H,6-7,9-10,23-24,27,29-30H2,1-3H3,(H,57,60)(H,58,61). The fourth-order valence-corrected chi connectivity index (χ4v) is 9.91. The number of amides is 2. The first-order valence-electron chi connectivity index (χ1n) is 23.0. The summed E-state index contributed by atoms with van der Waals surface area (Å²) in [7, 11) is 0. The molecule has 0 radical (unpaired) electrons. The molecule has 4 aromatic carbocycles. The average Bonchev–Trinajstić information content (AvgIpc) is 3.96. The minimum atomic E-state index is -0.291. The highest BCUT2D eigenvalue weighted by molar-refractivity contribution is 6.31. The second kappa shape index (κ2) is 19.0. The number of anilines is 2. The molecule has 2 aliphatic rings. The van der Waals surface area contributed by atoms with Gasteiger partial charge in [-0.15, -0.1) is 0 Å². The number of halogens is 1. The molecule has 0 bridgehead atoms. The molecular weight excluding hydrogens is 864 g/mol. The second-order valence-electron chi connectivity index (χ2n) is 17.8. The molecule has 2 amide bonds. The molecule has 2 N–H and O–H groups in total. The molecule has 14 nitrogen and oxygen atoms in total. The van der Waals surface area contributed by atoms with Crippen molar-refractivity contribution in [2.45, 2.75) is 65.0 Å². The number of rotatable bonds is 12. The van der Waals surface area contributed by atoms with Gasteiger partial charge in [0.15, 0.2) is 22.8 Å². The molecule has 4 unspecified atom stereocenters. The van der Waals surface area contributed by atoms with Crippen LogP contribution in [0.15, 0.2) is 118 Å². The number of benzene rings is 4. The largest absolute Gasteiger partial charge is 0.424 e. The number of carbonyl (C=O) groups is 2. The minimum absolute atomic E-state index is 0.0172. The fraction of sp³-hybridized carbons (Fsp3) is 0.308. The number of likely N-dealkylation sites (tertiary alicyclic amines) is 2. The summed E-state index contributed by atoms with van der Waals surface area (Å²) in [6.07, 6.45) is 9.25. The highest BCUT2D eigenvalue weighted by Crippen LogP contribution is 2.34. The molecule has 4 aromatic heterocycles. The van der Waals surface area contributed by atoms with Crippen LogP contribution in [0.5, 0.6) is 0 Å². The Kier molecular flexibility index (Phi) is 12.4. The lowest BCUT2D eigenvalue weighted by Gasteiger charge is -2.41. The van der Waals surface area contributed by atoms with Crippen LogP contribution >= 0.6 is 11.6 Å². The molecule has 2 aliphatic heterocycles. The van der Waals surface area contributed by atoms with Crippen LogP contribution in [0.3, 0.4) is 0 Å². The molecule has 0 aliphatic carbocycles. The second-order valence-corrected chi connectivity index (χ2v) is 18.2. The number of fused-ring (bicyclic) bond motifs is 2. The molecule has 8 aromatic rings. The number of aromatic nitrogens is 6. The maximum absolute atomic E-state index is 15.0. The number of para-hydroxylation sites is 2. The van der Waals surface area contributed by atoms with E-state index in [0.29, 0.717) is 100 Å². The highest BCUT2D eigenvalue weighted by atomic mass is 35.5. The zero-order chi connectivity index (χ0) is 46.0. The Bertz CT molecular complexity index is 3050. The van der Waals surface area contributed by atoms with Crippen molar-refractivity contribution in [2.75, 3.05) is 36.8 Å². The van der Waals surface area contributed by atoms with Gasteiger partial charge in [0.2, 0.25) is 0 Å². The number of hydrogen-bond acceptors (Lipinski definition) is 12. The zero-order valence-electron chi connectivity index (χ0n) is 37.7. The molecule has 0 saturated carbocycles. The third-order valence-electron chi connectivity index (χ3n) is 13.2. The molecular formula is C52H51ClN10O4. The van der Waals surface area contributed by atoms with E-state index in [9.17, 15) is 9.59 Å². The summed E-state index contributed by atoms with van der Waals surface area (Å²) < 4.78 is 12.1. The Morgan fingerprint density at radius 3 is 1.99 bits per heavy atom. The number of piperidine rings is 2. The van der Waals surface area contributed by atoms with Gasteiger partial charge in [-0.1, -0.05) is 66.0 Å². The number of hydrogen-bond donors (Lipinski definition) is 2. The molecule has 2 saturated heterocycles. The van der Waals surface area contributed by atoms with Gasteiger partial charge in [-0.25, -0.2) is 19.9 Å². The van der Waals surface area contributed by atoms with Crippen molar-refractivity contribution in [3.05, 3.63) is 143 Å². The Labute approximate surface area is 393 Å². The average molecular weight is 915 g/mol. The SMILES string of the molecule is Cc1ccc(-c2nccc(CC3CCCN(C(=O)c4cc(C)ccc4-c4ncccn4)C3CNc3nc4cc(Cl)ccc4o3)n2)c(C(=O)N2CCCC(C)C2CNc2nc3ccccc3o2)c1. The van der Waals surface area contributed by atoms with E-state index < -0.39 is 0 Å². The van der Waals surface area contributed by atoms with Crippen LogP contribution in [0.4, 0.5) is 12.0 Å². The number of nitrogens with one attached hydrogen (secondary N) is 2. The third-order valence-corrected chi connectivity index (χ3v) is 13.4. The summed E-state index contributed by atoms with van der Waals surface area (Å²) in [6.45, 7) is 8.22. The van der Waals surface area contributed by atoms with Gasteiger partial charge >= 0.3 is 0 Å². The van der Waals surface area contributed by atoms with Crippen molar-refractivity contribution < 1.29 is 18.4 Å². The summed E-state index contributed by atoms with van der Waals surface area (Å²) >= 11 is 6.28. The first kappa shape index (κ1) is 43.7. The molecule has 0 spiro atoms. The summed E-state index contributed by atoms with van der Waals surface area (Å²) in [5, 5.41) is 7.39. The number of aryl methyl sites for hydroxylation is 2. The summed E-state index contributed by atoms with van der Waals surface area (Å²) in [4.78, 5) is 62.0. The summed E-state index contributed by atoms with van der Waals surface area (Å²) in [5.41, 5.74) is 7.93. The highest BCUT2D eigenvalue weighted by Gasteiger charge is 2.37. The van der Waals surface area contributed by atoms with Gasteiger partial charge < -0.3 is 29.3 Å². The van der Waals surface area contributed by atoms with Crippen molar-refractivity contribution in [3.63, 3.8) is 0 Å². The van der Waals surface area contributed by atoms with Crippen LogP contribution in [0, 0.1) is 25.7 Å². The predicted molar refractivity (Wildman–Crippen MR) is 259 cm³/mol. The lowest BCUT2D eigenvalue weighted by molar-refractivity contribution is 0.0516. The van der Waals surface area contributed by atoms with Gasteiger partial charge in [0.1, 0.15) is 11.0 Å². The normalized spacial score (nSPS) is 18.6. The molecule has 2 fully saturated rings. The van der Waals surface area contributed by atoms with Gasteiger partial charge in [0.05, 0.1) is 23.2 Å². The Balaban J connectivity index is 0.935. The Morgan fingerprint density at radius 1 is 0.657 bits per heavy atom. The zero-order valence-corrected chi connectivity index (χ0v) is 38.4. The lowest BCUT2D eigenvalue weighted by atomic mass is 9.84. The lowest BCUT2D eigenvalue weighted by Crippen LogP contribution is -2.52. The van der Waals surface area contributed by atoms with Crippen LogP contribution in [0.1, 0.15) is 70.1 Å². The Morgan fingerprint density at radius 2 is 1.27 bits per heavy atom. The van der Waals surface area contributed by atoms with Crippen molar-refractivity contribution in [3.8, 4) is 22.8 Å². The third kappa shape index (κ3) is 9.31. The molecule has 10 rings (SSSR count). The predicted octanol–water partition coefficient (Wildman–Crippen LogP) is 10.1. The quantitative estimate of drug-likeness (QED) is 0.119. The van der Waals surface area contributed by atoms with Crippen LogP contribution in [-0.4, -0.2) is 89.8 Å². The van der Waals surface area contributed by atoms with Crippen molar-refractivity contribution >= 4 is 57.6 Å². The van der Waals surface area contributed by atoms with Crippen LogP contribution in [-0.2, 0) is 6.42 Å². The first-order chi connectivity index (χ1) is 32.6. The van der Waals surface area contributed by atoms with E-state index in [1.54, 1.807) is 42.9 Å². The van der Waals surface area contributed by atoms with E-state index >= 15 is 0 Å². The molecule has 4 atom stereocenters. The van der Waals surface area contributed by atoms with Gasteiger partial charge in [0, 0.05) is 66.6 Å². The summed E-state index contributed by atoms with van der Waals surface area (Å²) in [6, 6.07) is 28.8. The maximum Gasteiger partial charge on any atom is 0.295 e. The van der Waals surface area contributed by atoms with E-state index in [-0.39, 0.29) is 35.7 Å². The molecule has 67 heavy (non-hydrogen) atoms. The topological polar surface area (TPSA) is 168 Å². The van der Waals surface area contributed by atoms with Crippen molar-refractivity contribution in [2.24, 2.45) is 11.8 Å². The smallest absolute Gasteiger partial charge is 0.295 e. The van der Waals surface area contributed by atoms with E-state index in [1.165, 1.54) is 0 Å². The minimum Gasteiger partial charge on any atom is -0.424 e. The van der Waals surface area contributed by atoms with Crippen LogP contribution in [0.2, 0.25) is 5.02 Å². The molecule has 15 heteroatoms. The Hall–Kier alpha value is -7.19. The van der Waals surface area contributed by atoms with E-state index in [0.717, 1.165) is 48.0 Å². The maximum atomic E-state index is 15.0. The first-order valence-corrected chi connectivity index (χ1v) is 23.4.